The molecule has 2 nitrogen and oxygen atoms in total. The van der Waals surface area contributed by atoms with Crippen LogP contribution in [-0.4, -0.2) is 8.42 Å². The summed E-state index contributed by atoms with van der Waals surface area (Å²) in [6.45, 7) is 3.82. The maximum atomic E-state index is 13.8. The number of benzene rings is 1. The summed E-state index contributed by atoms with van der Waals surface area (Å²) >= 11 is 0. The molecule has 0 fully saturated rings. The van der Waals surface area contributed by atoms with Gasteiger partial charge in [-0.05, 0) is 37.0 Å². The van der Waals surface area contributed by atoms with Crippen molar-refractivity contribution < 1.29 is 12.8 Å². The third-order valence-electron chi connectivity index (χ3n) is 2.73. The molecule has 0 aliphatic heterocycles. The van der Waals surface area contributed by atoms with E-state index >= 15 is 0 Å². The van der Waals surface area contributed by atoms with Crippen molar-refractivity contribution in [1.29, 1.82) is 0 Å². The second kappa shape index (κ2) is 5.96. The fourth-order valence-corrected chi connectivity index (χ4v) is 2.62. The lowest BCUT2D eigenvalue weighted by atomic mass is 10.0. The summed E-state index contributed by atoms with van der Waals surface area (Å²) in [5.41, 5.74) is 0. The van der Waals surface area contributed by atoms with E-state index in [0.29, 0.717) is 0 Å². The van der Waals surface area contributed by atoms with E-state index in [-0.39, 0.29) is 10.8 Å². The van der Waals surface area contributed by atoms with Gasteiger partial charge in [0.2, 0.25) is 15.0 Å². The normalized spacial score (nSPS) is 13.1. The number of sulfone groups is 1. The van der Waals surface area contributed by atoms with Crippen LogP contribution in [0.15, 0.2) is 46.5 Å². The molecule has 0 N–H and O–H groups in total. The Morgan fingerprint density at radius 2 is 1.76 bits per heavy atom. The minimum Gasteiger partial charge on any atom is -0.216 e. The van der Waals surface area contributed by atoms with Crippen LogP contribution in [-0.2, 0) is 9.84 Å². The molecule has 0 saturated carbocycles. The smallest absolute Gasteiger partial charge is 0.216 e. The van der Waals surface area contributed by atoms with Crippen molar-refractivity contribution in [2.45, 2.75) is 31.6 Å². The molecule has 0 aromatic heterocycles. The van der Waals surface area contributed by atoms with Crippen LogP contribution in [0.3, 0.4) is 0 Å². The average molecular weight is 256 g/mol. The number of hydrogen-bond donors (Lipinski definition) is 0. The molecule has 0 radical (unpaired) electrons. The van der Waals surface area contributed by atoms with Crippen LogP contribution in [0.25, 0.3) is 0 Å². The van der Waals surface area contributed by atoms with E-state index < -0.39 is 15.0 Å². The lowest BCUT2D eigenvalue weighted by Gasteiger charge is -2.07. The molecule has 0 saturated heterocycles. The summed E-state index contributed by atoms with van der Waals surface area (Å²) in [5, 5.41) is -1.04. The molecular weight excluding hydrogens is 239 g/mol. The molecule has 0 unspecified atom stereocenters. The van der Waals surface area contributed by atoms with Crippen molar-refractivity contribution in [3.8, 4) is 0 Å². The number of allylic oxidation sites excluding steroid dienone is 1. The van der Waals surface area contributed by atoms with E-state index in [4.69, 9.17) is 0 Å². The first-order chi connectivity index (χ1) is 8.02. The Kier molecular flexibility index (Phi) is 4.87. The SMILES string of the molecule is CCC(/C=C(/F)S(=O)(=O)c1ccccc1)CC. The third-order valence-corrected chi connectivity index (χ3v) is 4.27. The fourth-order valence-electron chi connectivity index (χ4n) is 1.51. The average Bonchev–Trinajstić information content (AvgIpc) is 2.36. The van der Waals surface area contributed by atoms with E-state index in [0.717, 1.165) is 12.8 Å². The Morgan fingerprint density at radius 3 is 2.24 bits per heavy atom. The lowest BCUT2D eigenvalue weighted by Crippen LogP contribution is -2.03. The molecule has 0 aliphatic rings. The van der Waals surface area contributed by atoms with Crippen LogP contribution < -0.4 is 0 Å². The molecule has 1 rings (SSSR count). The highest BCUT2D eigenvalue weighted by atomic mass is 32.2. The van der Waals surface area contributed by atoms with Gasteiger partial charge in [0.05, 0.1) is 4.90 Å². The Bertz CT molecular complexity index is 473. The largest absolute Gasteiger partial charge is 0.232 e. The van der Waals surface area contributed by atoms with Crippen LogP contribution in [0.1, 0.15) is 26.7 Å². The second-order valence-electron chi connectivity index (χ2n) is 3.86. The van der Waals surface area contributed by atoms with Crippen molar-refractivity contribution >= 4 is 9.84 Å². The summed E-state index contributed by atoms with van der Waals surface area (Å²) in [5.74, 6) is -0.0338. The van der Waals surface area contributed by atoms with Crippen molar-refractivity contribution in [2.75, 3.05) is 0 Å². The standard InChI is InChI=1S/C13H17FO2S/c1-3-11(4-2)10-13(14)17(15,16)12-8-6-5-7-9-12/h5-11H,3-4H2,1-2H3/b13-10-. The molecule has 1 aromatic carbocycles. The number of halogens is 1. The highest BCUT2D eigenvalue weighted by Crippen LogP contribution is 2.23. The lowest BCUT2D eigenvalue weighted by molar-refractivity contribution is 0.555. The first-order valence-electron chi connectivity index (χ1n) is 5.69. The summed E-state index contributed by atoms with van der Waals surface area (Å²) in [7, 11) is -3.96. The summed E-state index contributed by atoms with van der Waals surface area (Å²) in [6, 6.07) is 7.65. The van der Waals surface area contributed by atoms with Crippen molar-refractivity contribution in [3.05, 3.63) is 41.6 Å². The van der Waals surface area contributed by atoms with Crippen LogP contribution in [0.2, 0.25) is 0 Å². The van der Waals surface area contributed by atoms with Gasteiger partial charge < -0.3 is 0 Å². The molecule has 1 aromatic rings. The van der Waals surface area contributed by atoms with Gasteiger partial charge in [0.15, 0.2) is 0 Å². The van der Waals surface area contributed by atoms with E-state index in [9.17, 15) is 12.8 Å². The summed E-state index contributed by atoms with van der Waals surface area (Å²) < 4.78 is 37.5. The molecule has 0 atom stereocenters. The van der Waals surface area contributed by atoms with Gasteiger partial charge in [0.1, 0.15) is 0 Å². The van der Waals surface area contributed by atoms with Gasteiger partial charge in [-0.2, -0.15) is 4.39 Å². The predicted octanol–water partition coefficient (Wildman–Crippen LogP) is 3.71. The first-order valence-corrected chi connectivity index (χ1v) is 7.18. The minimum atomic E-state index is -3.96. The maximum Gasteiger partial charge on any atom is 0.232 e. The second-order valence-corrected chi connectivity index (χ2v) is 5.73. The highest BCUT2D eigenvalue weighted by Gasteiger charge is 2.21. The zero-order valence-electron chi connectivity index (χ0n) is 10.1. The van der Waals surface area contributed by atoms with Gasteiger partial charge >= 0.3 is 0 Å². The molecule has 0 spiro atoms. The molecule has 0 aliphatic carbocycles. The van der Waals surface area contributed by atoms with Crippen molar-refractivity contribution in [2.24, 2.45) is 5.92 Å². The van der Waals surface area contributed by atoms with Gasteiger partial charge in [0, 0.05) is 0 Å². The van der Waals surface area contributed by atoms with Crippen LogP contribution in [0.4, 0.5) is 4.39 Å². The minimum absolute atomic E-state index is 0.000272. The summed E-state index contributed by atoms with van der Waals surface area (Å²) in [4.78, 5) is -0.000272. The Balaban J connectivity index is 3.07. The predicted molar refractivity (Wildman–Crippen MR) is 66.9 cm³/mol. The van der Waals surface area contributed by atoms with Gasteiger partial charge in [-0.1, -0.05) is 32.0 Å². The van der Waals surface area contributed by atoms with E-state index in [1.807, 2.05) is 13.8 Å². The van der Waals surface area contributed by atoms with Gasteiger partial charge in [-0.25, -0.2) is 8.42 Å². The van der Waals surface area contributed by atoms with Gasteiger partial charge in [-0.3, -0.25) is 0 Å². The maximum absolute atomic E-state index is 13.8. The van der Waals surface area contributed by atoms with Gasteiger partial charge in [0.25, 0.3) is 0 Å². The molecule has 0 bridgehead atoms. The van der Waals surface area contributed by atoms with Gasteiger partial charge in [-0.15, -0.1) is 0 Å². The van der Waals surface area contributed by atoms with Crippen molar-refractivity contribution in [1.82, 2.24) is 0 Å². The Labute approximate surface area is 102 Å². The Morgan fingerprint density at radius 1 is 1.24 bits per heavy atom. The zero-order chi connectivity index (χ0) is 12.9. The fraction of sp³-hybridized carbons (Fsp3) is 0.385. The molecule has 4 heteroatoms. The van der Waals surface area contributed by atoms with E-state index in [2.05, 4.69) is 0 Å². The van der Waals surface area contributed by atoms with E-state index in [1.54, 1.807) is 18.2 Å². The van der Waals surface area contributed by atoms with E-state index in [1.165, 1.54) is 18.2 Å². The number of rotatable bonds is 5. The first kappa shape index (κ1) is 13.9. The molecule has 17 heavy (non-hydrogen) atoms. The molecular formula is C13H17FO2S. The molecule has 94 valence electrons. The highest BCUT2D eigenvalue weighted by molar-refractivity contribution is 7.95. The number of hydrogen-bond acceptors (Lipinski definition) is 2. The third kappa shape index (κ3) is 3.40. The van der Waals surface area contributed by atoms with Crippen molar-refractivity contribution in [3.63, 3.8) is 0 Å². The van der Waals surface area contributed by atoms with Crippen LogP contribution in [0.5, 0.6) is 0 Å². The monoisotopic (exact) mass is 256 g/mol. The molecule has 0 amide bonds. The molecule has 0 heterocycles. The van der Waals surface area contributed by atoms with Crippen LogP contribution in [0, 0.1) is 5.92 Å². The topological polar surface area (TPSA) is 34.1 Å². The Hall–Kier alpha value is -1.16. The quantitative estimate of drug-likeness (QED) is 0.804. The zero-order valence-corrected chi connectivity index (χ0v) is 10.9. The summed E-state index contributed by atoms with van der Waals surface area (Å²) in [6.07, 6.45) is 2.67. The van der Waals surface area contributed by atoms with Crippen LogP contribution >= 0.6 is 0 Å².